The molecule has 0 aliphatic carbocycles. The molecule has 0 bridgehead atoms. The zero-order valence-corrected chi connectivity index (χ0v) is 26.7. The molecule has 3 aliphatic heterocycles. The predicted molar refractivity (Wildman–Crippen MR) is 170 cm³/mol. The second-order valence-electron chi connectivity index (χ2n) is 11.8. The Morgan fingerprint density at radius 3 is 2.04 bits per heavy atom. The molecule has 2 fully saturated rings. The Morgan fingerprint density at radius 1 is 0.867 bits per heavy atom. The Morgan fingerprint density at radius 2 is 1.44 bits per heavy atom. The Bertz CT molecular complexity index is 1730. The monoisotopic (exact) mass is 641 g/mol. The third kappa shape index (κ3) is 5.26. The highest BCUT2D eigenvalue weighted by molar-refractivity contribution is 8.16. The van der Waals surface area contributed by atoms with E-state index >= 15 is 0 Å². The van der Waals surface area contributed by atoms with Crippen molar-refractivity contribution < 1.29 is 28.7 Å². The Labute approximate surface area is 269 Å². The summed E-state index contributed by atoms with van der Waals surface area (Å²) in [6.45, 7) is 3.30. The lowest BCUT2D eigenvalue weighted by atomic mass is 9.79. The van der Waals surface area contributed by atoms with Gasteiger partial charge in [-0.2, -0.15) is 5.26 Å². The third-order valence-electron chi connectivity index (χ3n) is 8.70. The highest BCUT2D eigenvalue weighted by Gasteiger charge is 2.71. The first-order chi connectivity index (χ1) is 21.5. The van der Waals surface area contributed by atoms with Crippen LogP contribution in [0.5, 0.6) is 11.5 Å². The van der Waals surface area contributed by atoms with Crippen molar-refractivity contribution in [2.75, 3.05) is 13.8 Å². The standard InChI is InChI=1S/C34H31N3O6S2/c1-32(20-35)19-34(45-28(39)17-23-12-8-5-9-13-23)31(41)36(3)33(2,44-27(38)16-22-10-6-4-7-11-22)30(40)37(34)29(32)24-14-15-25-26(18-24)43-21-42-25/h4-15,18,29H,16-17,19,21H2,1-3H3/t29?,32-,33+,34?/m1/s1. The molecule has 0 radical (unpaired) electrons. The molecule has 4 atom stereocenters. The van der Waals surface area contributed by atoms with E-state index in [1.165, 1.54) is 16.8 Å². The summed E-state index contributed by atoms with van der Waals surface area (Å²) in [5.74, 6) is -0.0543. The first kappa shape index (κ1) is 30.7. The number of fused-ring (bicyclic) bond motifs is 2. The van der Waals surface area contributed by atoms with Crippen molar-refractivity contribution in [1.29, 1.82) is 5.26 Å². The van der Waals surface area contributed by atoms with Crippen LogP contribution in [0.4, 0.5) is 0 Å². The summed E-state index contributed by atoms with van der Waals surface area (Å²) in [4.78, 5) is 56.0. The number of nitrogens with zero attached hydrogens (tertiary/aromatic N) is 3. The van der Waals surface area contributed by atoms with Gasteiger partial charge in [-0.15, -0.1) is 0 Å². The lowest BCUT2D eigenvalue weighted by Crippen LogP contribution is -2.71. The van der Waals surface area contributed by atoms with Crippen LogP contribution >= 0.6 is 23.5 Å². The maximum Gasteiger partial charge on any atom is 0.261 e. The lowest BCUT2D eigenvalue weighted by Gasteiger charge is -2.52. The van der Waals surface area contributed by atoms with E-state index in [2.05, 4.69) is 6.07 Å². The molecule has 230 valence electrons. The van der Waals surface area contributed by atoms with Crippen LogP contribution in [-0.4, -0.2) is 55.4 Å². The lowest BCUT2D eigenvalue weighted by molar-refractivity contribution is -0.163. The van der Waals surface area contributed by atoms with Gasteiger partial charge in [0, 0.05) is 26.3 Å². The number of ether oxygens (including phenoxy) is 2. The number of amides is 2. The summed E-state index contributed by atoms with van der Waals surface area (Å²) < 4.78 is 11.1. The molecule has 3 aromatic rings. The maximum atomic E-state index is 14.9. The number of likely N-dealkylation sites (N-methyl/N-ethyl adjacent to an activating group) is 1. The van der Waals surface area contributed by atoms with E-state index in [-0.39, 0.29) is 36.3 Å². The molecule has 6 rings (SSSR count). The van der Waals surface area contributed by atoms with Gasteiger partial charge in [-0.1, -0.05) is 66.7 Å². The summed E-state index contributed by atoms with van der Waals surface area (Å²) >= 11 is 1.57. The maximum absolute atomic E-state index is 14.9. The van der Waals surface area contributed by atoms with Crippen LogP contribution in [0.3, 0.4) is 0 Å². The molecule has 0 N–H and O–H groups in total. The van der Waals surface area contributed by atoms with Crippen LogP contribution in [0.15, 0.2) is 78.9 Å². The van der Waals surface area contributed by atoms with E-state index < -0.39 is 33.0 Å². The average molecular weight is 642 g/mol. The summed E-state index contributed by atoms with van der Waals surface area (Å²) in [6.07, 6.45) is 0.00755. The van der Waals surface area contributed by atoms with E-state index in [0.29, 0.717) is 17.1 Å². The molecule has 45 heavy (non-hydrogen) atoms. The van der Waals surface area contributed by atoms with Crippen LogP contribution in [-0.2, 0) is 32.0 Å². The van der Waals surface area contributed by atoms with Gasteiger partial charge in [-0.25, -0.2) is 0 Å². The van der Waals surface area contributed by atoms with Crippen molar-refractivity contribution in [3.63, 3.8) is 0 Å². The smallest absolute Gasteiger partial charge is 0.261 e. The fraction of sp³-hybridized carbons (Fsp3) is 0.324. The third-order valence-corrected chi connectivity index (χ3v) is 11.1. The minimum absolute atomic E-state index is 0.0336. The van der Waals surface area contributed by atoms with Crippen molar-refractivity contribution in [2.45, 2.75) is 48.9 Å². The van der Waals surface area contributed by atoms with Gasteiger partial charge in [0.05, 0.1) is 17.5 Å². The second kappa shape index (κ2) is 11.6. The molecule has 11 heteroatoms. The summed E-state index contributed by atoms with van der Waals surface area (Å²) in [5.41, 5.74) is 0.837. The van der Waals surface area contributed by atoms with Gasteiger partial charge in [-0.05, 0) is 66.2 Å². The van der Waals surface area contributed by atoms with Crippen molar-refractivity contribution in [3.05, 3.63) is 95.6 Å². The highest BCUT2D eigenvalue weighted by Crippen LogP contribution is 2.62. The second-order valence-corrected chi connectivity index (χ2v) is 14.6. The van der Waals surface area contributed by atoms with Gasteiger partial charge >= 0.3 is 0 Å². The van der Waals surface area contributed by atoms with Gasteiger partial charge in [-0.3, -0.25) is 19.2 Å². The number of hydrogen-bond donors (Lipinski definition) is 0. The fourth-order valence-electron chi connectivity index (χ4n) is 6.40. The topological polar surface area (TPSA) is 117 Å². The Balaban J connectivity index is 1.44. The number of thioether (sulfide) groups is 2. The van der Waals surface area contributed by atoms with Crippen LogP contribution in [0.2, 0.25) is 0 Å². The van der Waals surface area contributed by atoms with Gasteiger partial charge in [0.15, 0.2) is 31.5 Å². The summed E-state index contributed by atoms with van der Waals surface area (Å²) in [5, 5.41) is 10.0. The molecule has 2 saturated heterocycles. The molecule has 2 unspecified atom stereocenters. The van der Waals surface area contributed by atoms with Crippen molar-refractivity contribution in [3.8, 4) is 17.6 Å². The first-order valence-corrected chi connectivity index (χ1v) is 16.1. The molecule has 0 saturated carbocycles. The van der Waals surface area contributed by atoms with Crippen LogP contribution < -0.4 is 9.47 Å². The normalized spacial score (nSPS) is 26.8. The number of benzene rings is 3. The predicted octanol–water partition coefficient (Wildman–Crippen LogP) is 5.11. The van der Waals surface area contributed by atoms with Crippen LogP contribution in [0.1, 0.15) is 43.0 Å². The molecule has 9 nitrogen and oxygen atoms in total. The Kier molecular flexibility index (Phi) is 7.91. The molecule has 2 amide bonds. The minimum atomic E-state index is -1.72. The van der Waals surface area contributed by atoms with E-state index in [1.54, 1.807) is 32.0 Å². The molecule has 0 aromatic heterocycles. The van der Waals surface area contributed by atoms with Crippen molar-refractivity contribution in [1.82, 2.24) is 9.80 Å². The van der Waals surface area contributed by atoms with Gasteiger partial charge in [0.1, 0.15) is 0 Å². The van der Waals surface area contributed by atoms with E-state index in [1.807, 2.05) is 60.7 Å². The van der Waals surface area contributed by atoms with Crippen molar-refractivity contribution in [2.24, 2.45) is 5.41 Å². The zero-order chi connectivity index (χ0) is 32.0. The number of carbonyl (C=O) groups excluding carboxylic acids is 4. The quantitative estimate of drug-likeness (QED) is 0.347. The van der Waals surface area contributed by atoms with Gasteiger partial charge < -0.3 is 19.3 Å². The summed E-state index contributed by atoms with van der Waals surface area (Å²) in [6, 6.07) is 25.0. The largest absolute Gasteiger partial charge is 0.454 e. The number of carbonyl (C=O) groups is 4. The van der Waals surface area contributed by atoms with Gasteiger partial charge in [0.25, 0.3) is 11.8 Å². The van der Waals surface area contributed by atoms with Crippen LogP contribution in [0, 0.1) is 16.7 Å². The molecule has 3 heterocycles. The van der Waals surface area contributed by atoms with Crippen molar-refractivity contribution >= 4 is 45.6 Å². The molecule has 3 aliphatic rings. The number of hydrogen-bond acceptors (Lipinski definition) is 9. The molecular formula is C34H31N3O6S2. The minimum Gasteiger partial charge on any atom is -0.454 e. The number of piperazine rings is 1. The van der Waals surface area contributed by atoms with Crippen LogP contribution in [0.25, 0.3) is 0 Å². The molecular weight excluding hydrogens is 611 g/mol. The average Bonchev–Trinajstić information content (AvgIpc) is 3.60. The van der Waals surface area contributed by atoms with Gasteiger partial charge in [0.2, 0.25) is 6.79 Å². The number of rotatable bonds is 7. The SMILES string of the molecule is CN1C(=O)C2(SC(=O)Cc3ccccc3)C[C@](C)(C#N)C(c3ccc4c(c3)OCO4)N2C(=O)[C@]1(C)SC(=O)Cc1ccccc1. The summed E-state index contributed by atoms with van der Waals surface area (Å²) in [7, 11) is 1.49. The van der Waals surface area contributed by atoms with E-state index in [0.717, 1.165) is 34.7 Å². The molecule has 0 spiro atoms. The van der Waals surface area contributed by atoms with E-state index in [4.69, 9.17) is 9.47 Å². The Hall–Kier alpha value is -4.27. The fourth-order valence-corrected chi connectivity index (χ4v) is 8.99. The number of nitriles is 1. The first-order valence-electron chi connectivity index (χ1n) is 14.5. The van der Waals surface area contributed by atoms with E-state index in [9.17, 15) is 24.4 Å². The molecule has 3 aromatic carbocycles. The highest BCUT2D eigenvalue weighted by atomic mass is 32.2. The zero-order valence-electron chi connectivity index (χ0n) is 25.0.